The van der Waals surface area contributed by atoms with Crippen molar-refractivity contribution in [3.05, 3.63) is 40.2 Å². The number of thiophene rings is 1. The number of amides is 1. The number of carbonyl (C=O) groups is 2. The molecule has 0 bridgehead atoms. The van der Waals surface area contributed by atoms with E-state index in [-0.39, 0.29) is 22.2 Å². The molecule has 0 atom stereocenters. The van der Waals surface area contributed by atoms with Crippen LogP contribution in [-0.4, -0.2) is 38.9 Å². The van der Waals surface area contributed by atoms with E-state index in [0.717, 1.165) is 17.8 Å². The molecule has 26 heavy (non-hydrogen) atoms. The molecule has 1 saturated heterocycles. The highest BCUT2D eigenvalue weighted by Crippen LogP contribution is 2.23. The van der Waals surface area contributed by atoms with Crippen molar-refractivity contribution in [2.75, 3.05) is 18.6 Å². The quantitative estimate of drug-likeness (QED) is 0.744. The lowest BCUT2D eigenvalue weighted by atomic mass is 10.2. The Morgan fingerprint density at radius 2 is 2.23 bits per heavy atom. The Labute approximate surface area is 154 Å². The standard InChI is InChI=1S/C16H17N3O5S2/c1-24-16(21)15-12(5-8-25-15)26(22,23)18-10-11-4-6-17-13(9-11)19-7-2-3-14(19)20/h4-6,8-9,18H,2-3,7,10H2,1H3. The van der Waals surface area contributed by atoms with Crippen molar-refractivity contribution in [2.45, 2.75) is 24.3 Å². The number of aromatic nitrogens is 1. The number of nitrogens with zero attached hydrogens (tertiary/aromatic N) is 2. The molecule has 0 aliphatic carbocycles. The molecular formula is C16H17N3O5S2. The zero-order chi connectivity index (χ0) is 18.7. The molecule has 1 fully saturated rings. The summed E-state index contributed by atoms with van der Waals surface area (Å²) in [6.45, 7) is 0.620. The van der Waals surface area contributed by atoms with Crippen molar-refractivity contribution >= 4 is 39.1 Å². The molecule has 3 heterocycles. The number of rotatable bonds is 6. The Morgan fingerprint density at radius 1 is 1.42 bits per heavy atom. The van der Waals surface area contributed by atoms with E-state index in [9.17, 15) is 18.0 Å². The van der Waals surface area contributed by atoms with Crippen LogP contribution in [0.5, 0.6) is 0 Å². The zero-order valence-electron chi connectivity index (χ0n) is 14.0. The fourth-order valence-corrected chi connectivity index (χ4v) is 4.97. The number of hydrogen-bond acceptors (Lipinski definition) is 7. The Morgan fingerprint density at radius 3 is 2.92 bits per heavy atom. The largest absolute Gasteiger partial charge is 0.465 e. The number of ether oxygens (including phenoxy) is 1. The SMILES string of the molecule is COC(=O)c1sccc1S(=O)(=O)NCc1ccnc(N2CCCC2=O)c1. The number of pyridine rings is 1. The maximum absolute atomic E-state index is 12.5. The lowest BCUT2D eigenvalue weighted by Crippen LogP contribution is -2.26. The van der Waals surface area contributed by atoms with Gasteiger partial charge in [0.2, 0.25) is 15.9 Å². The predicted molar refractivity (Wildman–Crippen MR) is 95.5 cm³/mol. The molecule has 0 spiro atoms. The number of esters is 1. The molecule has 1 amide bonds. The maximum Gasteiger partial charge on any atom is 0.349 e. The van der Waals surface area contributed by atoms with Crippen molar-refractivity contribution in [3.8, 4) is 0 Å². The monoisotopic (exact) mass is 395 g/mol. The van der Waals surface area contributed by atoms with E-state index in [1.807, 2.05) is 0 Å². The normalized spacial score (nSPS) is 14.7. The van der Waals surface area contributed by atoms with Crippen molar-refractivity contribution in [1.29, 1.82) is 0 Å². The summed E-state index contributed by atoms with van der Waals surface area (Å²) in [5, 5.41) is 1.52. The fourth-order valence-electron chi connectivity index (χ4n) is 2.62. The highest BCUT2D eigenvalue weighted by Gasteiger charge is 2.25. The fraction of sp³-hybridized carbons (Fsp3) is 0.312. The second-order valence-corrected chi connectivity index (χ2v) is 8.25. The van der Waals surface area contributed by atoms with E-state index in [0.29, 0.717) is 24.3 Å². The van der Waals surface area contributed by atoms with Gasteiger partial charge in [-0.15, -0.1) is 11.3 Å². The average molecular weight is 395 g/mol. The van der Waals surface area contributed by atoms with Crippen LogP contribution in [0.1, 0.15) is 28.1 Å². The van der Waals surface area contributed by atoms with Crippen LogP contribution >= 0.6 is 11.3 Å². The minimum absolute atomic E-state index is 0.0103. The topological polar surface area (TPSA) is 106 Å². The third kappa shape index (κ3) is 3.76. The average Bonchev–Trinajstić information content (AvgIpc) is 3.29. The molecule has 8 nitrogen and oxygen atoms in total. The van der Waals surface area contributed by atoms with Gasteiger partial charge in [-0.2, -0.15) is 0 Å². The van der Waals surface area contributed by atoms with Gasteiger partial charge in [-0.05, 0) is 35.6 Å². The smallest absolute Gasteiger partial charge is 0.349 e. The van der Waals surface area contributed by atoms with Crippen LogP contribution < -0.4 is 9.62 Å². The van der Waals surface area contributed by atoms with E-state index in [1.54, 1.807) is 17.0 Å². The van der Waals surface area contributed by atoms with Gasteiger partial charge in [-0.3, -0.25) is 9.69 Å². The van der Waals surface area contributed by atoms with E-state index in [1.165, 1.54) is 24.8 Å². The van der Waals surface area contributed by atoms with Crippen LogP contribution in [0.15, 0.2) is 34.7 Å². The highest BCUT2D eigenvalue weighted by atomic mass is 32.2. The first-order valence-electron chi connectivity index (χ1n) is 7.83. The van der Waals surface area contributed by atoms with E-state index >= 15 is 0 Å². The Kier molecular flexibility index (Phi) is 5.35. The van der Waals surface area contributed by atoms with Gasteiger partial charge in [-0.1, -0.05) is 0 Å². The van der Waals surface area contributed by atoms with Gasteiger partial charge in [0.15, 0.2) is 0 Å². The van der Waals surface area contributed by atoms with Crippen LogP contribution in [0.2, 0.25) is 0 Å². The van der Waals surface area contributed by atoms with Crippen LogP contribution in [0.25, 0.3) is 0 Å². The second kappa shape index (κ2) is 7.52. The minimum Gasteiger partial charge on any atom is -0.465 e. The predicted octanol–water partition coefficient (Wildman–Crippen LogP) is 1.54. The molecule has 3 rings (SSSR count). The van der Waals surface area contributed by atoms with Crippen LogP contribution in [-0.2, 0) is 26.1 Å². The van der Waals surface area contributed by atoms with Crippen LogP contribution in [0.4, 0.5) is 5.82 Å². The van der Waals surface area contributed by atoms with Crippen molar-refractivity contribution < 1.29 is 22.7 Å². The van der Waals surface area contributed by atoms with Gasteiger partial charge >= 0.3 is 5.97 Å². The summed E-state index contributed by atoms with van der Waals surface area (Å²) in [6.07, 6.45) is 2.81. The van der Waals surface area contributed by atoms with Gasteiger partial charge in [0, 0.05) is 25.7 Å². The summed E-state index contributed by atoms with van der Waals surface area (Å²) >= 11 is 1.00. The Balaban J connectivity index is 1.75. The molecule has 1 aliphatic rings. The molecule has 10 heteroatoms. The molecule has 0 saturated carbocycles. The Hall–Kier alpha value is -2.30. The van der Waals surface area contributed by atoms with Crippen molar-refractivity contribution in [3.63, 3.8) is 0 Å². The van der Waals surface area contributed by atoms with Gasteiger partial charge < -0.3 is 4.74 Å². The van der Waals surface area contributed by atoms with Crippen LogP contribution in [0, 0.1) is 0 Å². The number of anilines is 1. The number of nitrogens with one attached hydrogen (secondary N) is 1. The zero-order valence-corrected chi connectivity index (χ0v) is 15.6. The second-order valence-electron chi connectivity index (χ2n) is 5.60. The molecule has 0 aromatic carbocycles. The first-order chi connectivity index (χ1) is 12.4. The minimum atomic E-state index is -3.88. The molecule has 2 aromatic heterocycles. The van der Waals surface area contributed by atoms with Crippen molar-refractivity contribution in [1.82, 2.24) is 9.71 Å². The first kappa shape index (κ1) is 18.5. The number of methoxy groups -OCH3 is 1. The molecule has 0 radical (unpaired) electrons. The summed E-state index contributed by atoms with van der Waals surface area (Å²) in [7, 11) is -2.69. The number of sulfonamides is 1. The van der Waals surface area contributed by atoms with E-state index in [2.05, 4.69) is 14.4 Å². The molecule has 2 aromatic rings. The summed E-state index contributed by atoms with van der Waals surface area (Å²) in [4.78, 5) is 29.2. The van der Waals surface area contributed by atoms with Crippen molar-refractivity contribution in [2.24, 2.45) is 0 Å². The number of carbonyl (C=O) groups excluding carboxylic acids is 2. The molecule has 0 unspecified atom stereocenters. The first-order valence-corrected chi connectivity index (χ1v) is 10.2. The summed E-state index contributed by atoms with van der Waals surface area (Å²) in [6, 6.07) is 4.71. The maximum atomic E-state index is 12.5. The Bertz CT molecular complexity index is 939. The van der Waals surface area contributed by atoms with Gasteiger partial charge in [-0.25, -0.2) is 22.9 Å². The van der Waals surface area contributed by atoms with E-state index < -0.39 is 16.0 Å². The highest BCUT2D eigenvalue weighted by molar-refractivity contribution is 7.89. The van der Waals surface area contributed by atoms with Crippen LogP contribution in [0.3, 0.4) is 0 Å². The lowest BCUT2D eigenvalue weighted by Gasteiger charge is -2.15. The van der Waals surface area contributed by atoms with E-state index in [4.69, 9.17) is 0 Å². The molecule has 1 aliphatic heterocycles. The third-order valence-corrected chi connectivity index (χ3v) is 6.38. The summed E-state index contributed by atoms with van der Waals surface area (Å²) in [5.41, 5.74) is 0.660. The summed E-state index contributed by atoms with van der Waals surface area (Å²) in [5.74, 6) is -0.176. The molecular weight excluding hydrogens is 378 g/mol. The summed E-state index contributed by atoms with van der Waals surface area (Å²) < 4.78 is 32.1. The number of hydrogen-bond donors (Lipinski definition) is 1. The lowest BCUT2D eigenvalue weighted by molar-refractivity contribution is -0.117. The molecule has 138 valence electrons. The van der Waals surface area contributed by atoms with Gasteiger partial charge in [0.1, 0.15) is 15.6 Å². The van der Waals surface area contributed by atoms with Gasteiger partial charge in [0.25, 0.3) is 0 Å². The third-order valence-electron chi connectivity index (χ3n) is 3.92. The van der Waals surface area contributed by atoms with Gasteiger partial charge in [0.05, 0.1) is 7.11 Å². The molecule has 1 N–H and O–H groups in total.